The highest BCUT2D eigenvalue weighted by atomic mass is 16.3. The van der Waals surface area contributed by atoms with E-state index in [0.717, 1.165) is 12.8 Å². The Morgan fingerprint density at radius 1 is 1.33 bits per heavy atom. The Kier molecular flexibility index (Phi) is 2.70. The molecule has 0 aromatic heterocycles. The summed E-state index contributed by atoms with van der Waals surface area (Å²) in [5.74, 6) is 0. The number of aliphatic hydroxyl groups excluding tert-OH is 1. The minimum Gasteiger partial charge on any atom is -0.392 e. The third-order valence-electron chi connectivity index (χ3n) is 4.39. The molecule has 2 rings (SSSR count). The van der Waals surface area contributed by atoms with E-state index in [1.165, 1.54) is 31.3 Å². The zero-order chi connectivity index (χ0) is 11.1. The maximum absolute atomic E-state index is 10.3. The van der Waals surface area contributed by atoms with Crippen molar-refractivity contribution in [3.05, 3.63) is 11.6 Å². The minimum atomic E-state index is -0.0965. The normalized spacial score (nSPS) is 40.3. The van der Waals surface area contributed by atoms with Gasteiger partial charge in [0.25, 0.3) is 0 Å². The Morgan fingerprint density at radius 2 is 2.07 bits per heavy atom. The molecule has 2 aliphatic rings. The van der Waals surface area contributed by atoms with E-state index in [0.29, 0.717) is 5.41 Å². The Bertz CT molecular complexity index is 277. The van der Waals surface area contributed by atoms with Gasteiger partial charge in [-0.3, -0.25) is 0 Å². The zero-order valence-corrected chi connectivity index (χ0v) is 10.3. The van der Waals surface area contributed by atoms with Crippen LogP contribution in [0.3, 0.4) is 0 Å². The van der Waals surface area contributed by atoms with Crippen molar-refractivity contribution in [3.8, 4) is 0 Å². The van der Waals surface area contributed by atoms with E-state index >= 15 is 0 Å². The molecular weight excluding hydrogens is 184 g/mol. The van der Waals surface area contributed by atoms with Crippen LogP contribution in [0.5, 0.6) is 0 Å². The van der Waals surface area contributed by atoms with Gasteiger partial charge in [-0.05, 0) is 44.4 Å². The summed E-state index contributed by atoms with van der Waals surface area (Å²) >= 11 is 0. The van der Waals surface area contributed by atoms with Crippen LogP contribution in [0.2, 0.25) is 0 Å². The molecule has 1 spiro atoms. The first-order valence-corrected chi connectivity index (χ1v) is 6.27. The first-order chi connectivity index (χ1) is 6.94. The molecule has 0 saturated heterocycles. The summed E-state index contributed by atoms with van der Waals surface area (Å²) < 4.78 is 0. The molecule has 0 bridgehead atoms. The van der Waals surface area contributed by atoms with Crippen LogP contribution in [0.25, 0.3) is 0 Å². The molecule has 1 saturated carbocycles. The van der Waals surface area contributed by atoms with E-state index in [1.54, 1.807) is 0 Å². The van der Waals surface area contributed by atoms with Crippen LogP contribution in [-0.2, 0) is 0 Å². The fraction of sp³-hybridized carbons (Fsp3) is 0.857. The lowest BCUT2D eigenvalue weighted by Crippen LogP contribution is -2.43. The molecule has 1 N–H and O–H groups in total. The first kappa shape index (κ1) is 11.2. The van der Waals surface area contributed by atoms with E-state index in [-0.39, 0.29) is 11.5 Å². The van der Waals surface area contributed by atoms with Gasteiger partial charge in [0.15, 0.2) is 0 Å². The van der Waals surface area contributed by atoms with Crippen LogP contribution in [0.1, 0.15) is 59.3 Å². The number of rotatable bonds is 0. The molecule has 86 valence electrons. The smallest absolute Gasteiger partial charge is 0.0634 e. The number of allylic oxidation sites excluding steroid dienone is 1. The fourth-order valence-corrected chi connectivity index (χ4v) is 3.79. The molecular formula is C14H24O. The van der Waals surface area contributed by atoms with Gasteiger partial charge in [0.05, 0.1) is 6.10 Å². The van der Waals surface area contributed by atoms with E-state index in [4.69, 9.17) is 0 Å². The quantitative estimate of drug-likeness (QED) is 0.602. The summed E-state index contributed by atoms with van der Waals surface area (Å²) in [6.07, 6.45) is 9.16. The number of hydrogen-bond donors (Lipinski definition) is 1. The molecule has 0 aromatic carbocycles. The summed E-state index contributed by atoms with van der Waals surface area (Å²) in [7, 11) is 0. The van der Waals surface area contributed by atoms with Crippen LogP contribution in [0.15, 0.2) is 11.6 Å². The Labute approximate surface area is 93.6 Å². The summed E-state index contributed by atoms with van der Waals surface area (Å²) in [4.78, 5) is 0. The predicted octanol–water partition coefficient (Wildman–Crippen LogP) is 3.67. The van der Waals surface area contributed by atoms with Crippen molar-refractivity contribution in [2.24, 2.45) is 10.8 Å². The lowest BCUT2D eigenvalue weighted by Gasteiger charge is -2.49. The van der Waals surface area contributed by atoms with E-state index in [2.05, 4.69) is 26.8 Å². The highest BCUT2D eigenvalue weighted by molar-refractivity contribution is 5.13. The largest absolute Gasteiger partial charge is 0.392 e. The second-order valence-electron chi connectivity index (χ2n) is 6.54. The maximum atomic E-state index is 10.3. The maximum Gasteiger partial charge on any atom is 0.0634 e. The van der Waals surface area contributed by atoms with Crippen LogP contribution in [0, 0.1) is 10.8 Å². The second-order valence-corrected chi connectivity index (χ2v) is 6.54. The molecule has 0 aromatic rings. The van der Waals surface area contributed by atoms with Crippen LogP contribution in [0.4, 0.5) is 0 Å². The molecule has 2 aliphatic carbocycles. The minimum absolute atomic E-state index is 0.0965. The van der Waals surface area contributed by atoms with Gasteiger partial charge in [-0.15, -0.1) is 0 Å². The molecule has 15 heavy (non-hydrogen) atoms. The van der Waals surface area contributed by atoms with Crippen molar-refractivity contribution in [1.29, 1.82) is 0 Å². The first-order valence-electron chi connectivity index (χ1n) is 6.27. The lowest BCUT2D eigenvalue weighted by molar-refractivity contribution is -0.0428. The summed E-state index contributed by atoms with van der Waals surface area (Å²) in [6.45, 7) is 6.93. The number of hydrogen-bond acceptors (Lipinski definition) is 1. The van der Waals surface area contributed by atoms with Crippen molar-refractivity contribution in [2.45, 2.75) is 65.4 Å². The van der Waals surface area contributed by atoms with Gasteiger partial charge in [-0.1, -0.05) is 31.9 Å². The lowest BCUT2D eigenvalue weighted by atomic mass is 9.57. The van der Waals surface area contributed by atoms with E-state index in [1.807, 2.05) is 0 Å². The standard InChI is InChI=1S/C14H24O/c1-11-5-6-12(15)14(9-11)8-4-7-13(2,3)10-14/h5,12,15H,4,6-10H2,1-3H3. The molecule has 0 heterocycles. The zero-order valence-electron chi connectivity index (χ0n) is 10.3. The van der Waals surface area contributed by atoms with Crippen LogP contribution >= 0.6 is 0 Å². The van der Waals surface area contributed by atoms with Crippen molar-refractivity contribution in [3.63, 3.8) is 0 Å². The highest BCUT2D eigenvalue weighted by Crippen LogP contribution is 2.53. The Balaban J connectivity index is 2.21. The van der Waals surface area contributed by atoms with Crippen molar-refractivity contribution < 1.29 is 5.11 Å². The molecule has 2 atom stereocenters. The van der Waals surface area contributed by atoms with Gasteiger partial charge in [0.1, 0.15) is 0 Å². The highest BCUT2D eigenvalue weighted by Gasteiger charge is 2.45. The molecule has 1 nitrogen and oxygen atoms in total. The predicted molar refractivity (Wildman–Crippen MR) is 63.7 cm³/mol. The van der Waals surface area contributed by atoms with Gasteiger partial charge < -0.3 is 5.11 Å². The molecule has 0 amide bonds. The van der Waals surface area contributed by atoms with Gasteiger partial charge in [0.2, 0.25) is 0 Å². The molecule has 2 unspecified atom stereocenters. The number of aliphatic hydroxyl groups is 1. The molecule has 1 fully saturated rings. The average Bonchev–Trinajstić information content (AvgIpc) is 2.10. The summed E-state index contributed by atoms with van der Waals surface area (Å²) in [5, 5.41) is 10.3. The van der Waals surface area contributed by atoms with Gasteiger partial charge >= 0.3 is 0 Å². The van der Waals surface area contributed by atoms with Crippen LogP contribution in [-0.4, -0.2) is 11.2 Å². The van der Waals surface area contributed by atoms with E-state index in [9.17, 15) is 5.11 Å². The average molecular weight is 208 g/mol. The van der Waals surface area contributed by atoms with Crippen LogP contribution < -0.4 is 0 Å². The van der Waals surface area contributed by atoms with Gasteiger partial charge in [0, 0.05) is 5.41 Å². The second kappa shape index (κ2) is 3.62. The topological polar surface area (TPSA) is 20.2 Å². The molecule has 1 heteroatoms. The molecule has 0 radical (unpaired) electrons. The summed E-state index contributed by atoms with van der Waals surface area (Å²) in [5.41, 5.74) is 2.12. The Morgan fingerprint density at radius 3 is 2.73 bits per heavy atom. The SMILES string of the molecule is CC1=CCC(O)C2(CCCC(C)(C)C2)C1. The van der Waals surface area contributed by atoms with Crippen molar-refractivity contribution in [1.82, 2.24) is 0 Å². The third kappa shape index (κ3) is 2.13. The molecule has 0 aliphatic heterocycles. The monoisotopic (exact) mass is 208 g/mol. The van der Waals surface area contributed by atoms with Gasteiger partial charge in [-0.25, -0.2) is 0 Å². The Hall–Kier alpha value is -0.300. The third-order valence-corrected chi connectivity index (χ3v) is 4.39. The van der Waals surface area contributed by atoms with Crippen molar-refractivity contribution in [2.75, 3.05) is 0 Å². The fourth-order valence-electron chi connectivity index (χ4n) is 3.79. The van der Waals surface area contributed by atoms with Crippen molar-refractivity contribution >= 4 is 0 Å². The van der Waals surface area contributed by atoms with E-state index < -0.39 is 0 Å². The van der Waals surface area contributed by atoms with Gasteiger partial charge in [-0.2, -0.15) is 0 Å². The summed E-state index contributed by atoms with van der Waals surface area (Å²) in [6, 6.07) is 0.